The molecule has 1 aromatic carbocycles. The molecule has 1 aliphatic rings. The Labute approximate surface area is 122 Å². The molecular formula is C16H26N2O2. The Balaban J connectivity index is 0.000000956. The fraction of sp³-hybridized carbons (Fsp3) is 0.562. The van der Waals surface area contributed by atoms with Crippen molar-refractivity contribution in [2.45, 2.75) is 13.8 Å². The molecule has 0 N–H and O–H groups in total. The van der Waals surface area contributed by atoms with Gasteiger partial charge in [0.25, 0.3) is 0 Å². The van der Waals surface area contributed by atoms with Gasteiger partial charge in [-0.2, -0.15) is 0 Å². The minimum atomic E-state index is 0.682. The van der Waals surface area contributed by atoms with Gasteiger partial charge >= 0.3 is 0 Å². The molecule has 0 amide bonds. The minimum absolute atomic E-state index is 0.682. The Bertz CT molecular complexity index is 371. The lowest BCUT2D eigenvalue weighted by Gasteiger charge is -2.32. The molecule has 0 atom stereocenters. The van der Waals surface area contributed by atoms with Crippen molar-refractivity contribution >= 4 is 6.29 Å². The van der Waals surface area contributed by atoms with Crippen LogP contribution in [0.4, 0.5) is 0 Å². The number of benzene rings is 1. The third-order valence-corrected chi connectivity index (χ3v) is 3.29. The number of aldehydes is 1. The fourth-order valence-corrected chi connectivity index (χ4v) is 2.01. The summed E-state index contributed by atoms with van der Waals surface area (Å²) in [6.45, 7) is 10.2. The van der Waals surface area contributed by atoms with Gasteiger partial charge in [0.05, 0.1) is 0 Å². The van der Waals surface area contributed by atoms with Gasteiger partial charge in [-0.25, -0.2) is 0 Å². The number of rotatable bonds is 5. The van der Waals surface area contributed by atoms with Crippen molar-refractivity contribution in [2.24, 2.45) is 0 Å². The highest BCUT2D eigenvalue weighted by Gasteiger charge is 2.12. The molecule has 0 aromatic heterocycles. The third-order valence-electron chi connectivity index (χ3n) is 3.29. The molecular weight excluding hydrogens is 252 g/mol. The molecule has 4 nitrogen and oxygen atoms in total. The highest BCUT2D eigenvalue weighted by Crippen LogP contribution is 2.11. The third kappa shape index (κ3) is 5.72. The summed E-state index contributed by atoms with van der Waals surface area (Å²) < 4.78 is 5.66. The maximum absolute atomic E-state index is 10.5. The highest BCUT2D eigenvalue weighted by molar-refractivity contribution is 5.74. The summed E-state index contributed by atoms with van der Waals surface area (Å²) in [5.74, 6) is 0.828. The fourth-order valence-electron chi connectivity index (χ4n) is 2.01. The van der Waals surface area contributed by atoms with Crippen LogP contribution in [0.2, 0.25) is 0 Å². The van der Waals surface area contributed by atoms with Gasteiger partial charge in [0.1, 0.15) is 18.6 Å². The molecule has 0 saturated carbocycles. The summed E-state index contributed by atoms with van der Waals surface area (Å²) in [6, 6.07) is 7.23. The van der Waals surface area contributed by atoms with Gasteiger partial charge in [-0.1, -0.05) is 13.8 Å². The first-order valence-electron chi connectivity index (χ1n) is 7.37. The Hall–Kier alpha value is -1.39. The van der Waals surface area contributed by atoms with Gasteiger partial charge in [-0.3, -0.25) is 9.69 Å². The lowest BCUT2D eigenvalue weighted by atomic mass is 10.2. The van der Waals surface area contributed by atoms with Crippen molar-refractivity contribution in [3.05, 3.63) is 29.8 Å². The van der Waals surface area contributed by atoms with Crippen LogP contribution in [0.1, 0.15) is 24.2 Å². The zero-order chi connectivity index (χ0) is 14.8. The molecule has 1 aliphatic heterocycles. The van der Waals surface area contributed by atoms with Crippen LogP contribution in [-0.4, -0.2) is 62.5 Å². The maximum Gasteiger partial charge on any atom is 0.150 e. The molecule has 0 spiro atoms. The van der Waals surface area contributed by atoms with E-state index in [1.807, 2.05) is 26.0 Å². The van der Waals surface area contributed by atoms with E-state index in [2.05, 4.69) is 16.8 Å². The minimum Gasteiger partial charge on any atom is -0.492 e. The van der Waals surface area contributed by atoms with E-state index in [0.717, 1.165) is 44.8 Å². The van der Waals surface area contributed by atoms with Crippen LogP contribution in [0.3, 0.4) is 0 Å². The van der Waals surface area contributed by atoms with E-state index in [1.165, 1.54) is 0 Å². The van der Waals surface area contributed by atoms with Crippen molar-refractivity contribution < 1.29 is 9.53 Å². The number of piperazine rings is 1. The summed E-state index contributed by atoms with van der Waals surface area (Å²) >= 11 is 0. The van der Waals surface area contributed by atoms with Gasteiger partial charge in [0.2, 0.25) is 0 Å². The first-order chi connectivity index (χ1) is 9.78. The SMILES string of the molecule is CC.CN1CCN(CCOc2ccc(C=O)cc2)CC1. The number of likely N-dealkylation sites (N-methyl/N-ethyl adjacent to an activating group) is 1. The number of nitrogens with zero attached hydrogens (tertiary/aromatic N) is 2. The summed E-state index contributed by atoms with van der Waals surface area (Å²) in [5.41, 5.74) is 0.682. The Kier molecular flexibility index (Phi) is 7.92. The molecule has 112 valence electrons. The summed E-state index contributed by atoms with van der Waals surface area (Å²) in [6.07, 6.45) is 0.841. The monoisotopic (exact) mass is 278 g/mol. The number of hydrogen-bond donors (Lipinski definition) is 0. The van der Waals surface area contributed by atoms with Gasteiger partial charge in [-0.05, 0) is 31.3 Å². The molecule has 0 unspecified atom stereocenters. The number of carbonyl (C=O) groups is 1. The second-order valence-electron chi connectivity index (χ2n) is 4.68. The van der Waals surface area contributed by atoms with Crippen LogP contribution in [0.25, 0.3) is 0 Å². The van der Waals surface area contributed by atoms with Crippen LogP contribution < -0.4 is 4.74 Å². The standard InChI is InChI=1S/C14H20N2O2.C2H6/c1-15-6-8-16(9-7-15)10-11-18-14-4-2-13(12-17)3-5-14;1-2/h2-5,12H,6-11H2,1H3;1-2H3. The van der Waals surface area contributed by atoms with E-state index in [4.69, 9.17) is 4.74 Å². The zero-order valence-electron chi connectivity index (χ0n) is 12.8. The molecule has 2 rings (SSSR count). The van der Waals surface area contributed by atoms with Crippen LogP contribution >= 0.6 is 0 Å². The van der Waals surface area contributed by atoms with E-state index in [9.17, 15) is 4.79 Å². The smallest absolute Gasteiger partial charge is 0.150 e. The molecule has 0 bridgehead atoms. The normalized spacial score (nSPS) is 16.1. The van der Waals surface area contributed by atoms with E-state index in [-0.39, 0.29) is 0 Å². The first kappa shape index (κ1) is 16.7. The predicted octanol–water partition coefficient (Wildman–Crippen LogP) is 2.15. The van der Waals surface area contributed by atoms with E-state index < -0.39 is 0 Å². The number of carbonyl (C=O) groups excluding carboxylic acids is 1. The molecule has 1 heterocycles. The van der Waals surface area contributed by atoms with Crippen LogP contribution in [-0.2, 0) is 0 Å². The number of ether oxygens (including phenoxy) is 1. The molecule has 20 heavy (non-hydrogen) atoms. The molecule has 4 heteroatoms. The van der Waals surface area contributed by atoms with Crippen molar-refractivity contribution in [1.29, 1.82) is 0 Å². The quantitative estimate of drug-likeness (QED) is 0.773. The van der Waals surface area contributed by atoms with Crippen LogP contribution in [0.15, 0.2) is 24.3 Å². The Morgan fingerprint density at radius 3 is 2.25 bits per heavy atom. The predicted molar refractivity (Wildman–Crippen MR) is 82.6 cm³/mol. The average molecular weight is 278 g/mol. The van der Waals surface area contributed by atoms with Crippen molar-refractivity contribution in [1.82, 2.24) is 9.80 Å². The van der Waals surface area contributed by atoms with E-state index in [1.54, 1.807) is 12.1 Å². The maximum atomic E-state index is 10.5. The molecule has 1 saturated heterocycles. The van der Waals surface area contributed by atoms with Crippen LogP contribution in [0.5, 0.6) is 5.75 Å². The Morgan fingerprint density at radius 1 is 1.10 bits per heavy atom. The molecule has 1 aromatic rings. The van der Waals surface area contributed by atoms with Gasteiger partial charge < -0.3 is 9.64 Å². The van der Waals surface area contributed by atoms with Crippen molar-refractivity contribution in [3.8, 4) is 5.75 Å². The summed E-state index contributed by atoms with van der Waals surface area (Å²) in [7, 11) is 2.16. The second kappa shape index (κ2) is 9.50. The molecule has 1 fully saturated rings. The molecule has 0 radical (unpaired) electrons. The molecule has 0 aliphatic carbocycles. The van der Waals surface area contributed by atoms with Gasteiger partial charge in [0.15, 0.2) is 0 Å². The van der Waals surface area contributed by atoms with Crippen molar-refractivity contribution in [3.63, 3.8) is 0 Å². The van der Waals surface area contributed by atoms with Gasteiger partial charge in [-0.15, -0.1) is 0 Å². The van der Waals surface area contributed by atoms with Crippen LogP contribution in [0, 0.1) is 0 Å². The lowest BCUT2D eigenvalue weighted by molar-refractivity contribution is 0.112. The van der Waals surface area contributed by atoms with E-state index in [0.29, 0.717) is 12.2 Å². The van der Waals surface area contributed by atoms with Crippen molar-refractivity contribution in [2.75, 3.05) is 46.4 Å². The zero-order valence-corrected chi connectivity index (χ0v) is 12.8. The average Bonchev–Trinajstić information content (AvgIpc) is 2.52. The summed E-state index contributed by atoms with van der Waals surface area (Å²) in [5, 5.41) is 0. The first-order valence-corrected chi connectivity index (χ1v) is 7.37. The lowest BCUT2D eigenvalue weighted by Crippen LogP contribution is -2.45. The highest BCUT2D eigenvalue weighted by atomic mass is 16.5. The second-order valence-corrected chi connectivity index (χ2v) is 4.68. The van der Waals surface area contributed by atoms with Gasteiger partial charge in [0, 0.05) is 38.3 Å². The topological polar surface area (TPSA) is 32.8 Å². The Morgan fingerprint density at radius 2 is 1.70 bits per heavy atom. The number of hydrogen-bond acceptors (Lipinski definition) is 4. The van der Waals surface area contributed by atoms with E-state index >= 15 is 0 Å². The largest absolute Gasteiger partial charge is 0.492 e. The summed E-state index contributed by atoms with van der Waals surface area (Å²) in [4.78, 5) is 15.3.